The first-order chi connectivity index (χ1) is 10.4. The topological polar surface area (TPSA) is 116 Å². The van der Waals surface area contributed by atoms with Crippen molar-refractivity contribution in [3.05, 3.63) is 29.8 Å². The lowest BCUT2D eigenvalue weighted by molar-refractivity contribution is -0.139. The van der Waals surface area contributed by atoms with E-state index in [0.717, 1.165) is 0 Å². The first kappa shape index (κ1) is 16.3. The molecule has 22 heavy (non-hydrogen) atoms. The summed E-state index contributed by atoms with van der Waals surface area (Å²) in [6, 6.07) is 6.38. The first-order valence-electron chi connectivity index (χ1n) is 7.06. The number of hydrogen-bond acceptors (Lipinski definition) is 5. The van der Waals surface area contributed by atoms with E-state index in [-0.39, 0.29) is 24.5 Å². The van der Waals surface area contributed by atoms with Gasteiger partial charge in [0.15, 0.2) is 0 Å². The molecule has 2 atom stereocenters. The number of carboxylic acid groups (broad SMARTS) is 1. The number of aromatic hydroxyl groups is 1. The minimum Gasteiger partial charge on any atom is -0.508 e. The van der Waals surface area contributed by atoms with Gasteiger partial charge < -0.3 is 25.2 Å². The number of nitrogens with one attached hydrogen (secondary N) is 1. The van der Waals surface area contributed by atoms with Crippen LogP contribution in [0.2, 0.25) is 0 Å². The molecule has 1 aromatic carbocycles. The van der Waals surface area contributed by atoms with Crippen molar-refractivity contribution in [3.8, 4) is 5.75 Å². The fourth-order valence-corrected chi connectivity index (χ4v) is 2.47. The second-order valence-corrected chi connectivity index (χ2v) is 5.34. The predicted molar refractivity (Wildman–Crippen MR) is 78.1 cm³/mol. The number of phenols is 1. The van der Waals surface area contributed by atoms with Crippen molar-refractivity contribution >= 4 is 19.0 Å². The summed E-state index contributed by atoms with van der Waals surface area (Å²) in [4.78, 5) is 22.6. The van der Waals surface area contributed by atoms with E-state index in [1.54, 1.807) is 12.1 Å². The summed E-state index contributed by atoms with van der Waals surface area (Å²) < 4.78 is 5.20. The van der Waals surface area contributed by atoms with Crippen LogP contribution in [0.1, 0.15) is 24.8 Å². The highest BCUT2D eigenvalue weighted by Crippen LogP contribution is 2.19. The summed E-state index contributed by atoms with van der Waals surface area (Å²) in [5.41, 5.74) is 0.660. The molecule has 1 aromatic rings. The molecule has 0 unspecified atom stereocenters. The van der Waals surface area contributed by atoms with Crippen LogP contribution in [0.4, 0.5) is 0 Å². The molecule has 8 heteroatoms. The molecule has 7 nitrogen and oxygen atoms in total. The second kappa shape index (κ2) is 7.28. The van der Waals surface area contributed by atoms with Crippen molar-refractivity contribution in [2.24, 2.45) is 0 Å². The molecule has 0 aliphatic carbocycles. The molecule has 0 saturated carbocycles. The van der Waals surface area contributed by atoms with Gasteiger partial charge in [-0.1, -0.05) is 12.1 Å². The van der Waals surface area contributed by atoms with E-state index < -0.39 is 25.1 Å². The zero-order valence-electron chi connectivity index (χ0n) is 11.9. The maximum Gasteiger partial charge on any atom is 0.478 e. The number of aliphatic carboxylic acids is 1. The van der Waals surface area contributed by atoms with Crippen molar-refractivity contribution in [1.29, 1.82) is 0 Å². The second-order valence-electron chi connectivity index (χ2n) is 5.34. The Bertz CT molecular complexity index is 552. The third kappa shape index (κ3) is 4.75. The quantitative estimate of drug-likeness (QED) is 0.573. The van der Waals surface area contributed by atoms with Crippen LogP contribution >= 0.6 is 0 Å². The summed E-state index contributed by atoms with van der Waals surface area (Å²) in [5, 5.41) is 30.6. The minimum atomic E-state index is -1.22. The average Bonchev–Trinajstić information content (AvgIpc) is 2.41. The summed E-state index contributed by atoms with van der Waals surface area (Å²) in [7, 11) is -1.22. The van der Waals surface area contributed by atoms with E-state index in [0.29, 0.717) is 18.4 Å². The lowest BCUT2D eigenvalue weighted by Gasteiger charge is -2.30. The van der Waals surface area contributed by atoms with Gasteiger partial charge in [0.25, 0.3) is 0 Å². The van der Waals surface area contributed by atoms with E-state index in [9.17, 15) is 19.7 Å². The van der Waals surface area contributed by atoms with Crippen LogP contribution in [0.5, 0.6) is 5.75 Å². The van der Waals surface area contributed by atoms with Crippen LogP contribution in [0, 0.1) is 0 Å². The predicted octanol–water partition coefficient (Wildman–Crippen LogP) is 0.0929. The highest BCUT2D eigenvalue weighted by molar-refractivity contribution is 6.45. The number of amides is 1. The van der Waals surface area contributed by atoms with Crippen LogP contribution in [-0.4, -0.2) is 46.3 Å². The molecule has 2 rings (SSSR count). The van der Waals surface area contributed by atoms with Crippen LogP contribution in [0.3, 0.4) is 0 Å². The van der Waals surface area contributed by atoms with Crippen LogP contribution in [-0.2, 0) is 20.7 Å². The van der Waals surface area contributed by atoms with Crippen LogP contribution < -0.4 is 5.32 Å². The monoisotopic (exact) mass is 307 g/mol. The van der Waals surface area contributed by atoms with E-state index in [1.807, 2.05) is 0 Å². The van der Waals surface area contributed by atoms with E-state index in [1.165, 1.54) is 12.1 Å². The van der Waals surface area contributed by atoms with Crippen molar-refractivity contribution in [2.75, 3.05) is 0 Å². The van der Waals surface area contributed by atoms with Gasteiger partial charge in [-0.05, 0) is 30.5 Å². The Labute approximate surface area is 128 Å². The van der Waals surface area contributed by atoms with Gasteiger partial charge in [-0.2, -0.15) is 0 Å². The highest BCUT2D eigenvalue weighted by Gasteiger charge is 2.36. The highest BCUT2D eigenvalue weighted by atomic mass is 16.5. The Kier molecular flexibility index (Phi) is 5.40. The van der Waals surface area contributed by atoms with Gasteiger partial charge in [0.1, 0.15) is 5.75 Å². The number of benzene rings is 1. The number of rotatable bonds is 5. The fourth-order valence-electron chi connectivity index (χ4n) is 2.47. The molecule has 1 fully saturated rings. The third-order valence-electron chi connectivity index (χ3n) is 3.50. The summed E-state index contributed by atoms with van der Waals surface area (Å²) >= 11 is 0. The van der Waals surface area contributed by atoms with Gasteiger partial charge in [-0.25, -0.2) is 0 Å². The van der Waals surface area contributed by atoms with Gasteiger partial charge in [-0.3, -0.25) is 9.59 Å². The standard InChI is InChI=1S/C14H18BNO6/c17-10-3-1-2-9(6-10)7-13(18)16-12-5-4-11(8-14(19)20)22-15(12)21/h1-3,6,11-12,17,21H,4-5,7-8H2,(H,16,18)(H,19,20)/t11-,12-/m0/s1. The maximum atomic E-state index is 11.9. The summed E-state index contributed by atoms with van der Waals surface area (Å²) in [6.07, 6.45) is 0.287. The molecular formula is C14H18BNO6. The molecule has 0 bridgehead atoms. The molecule has 1 saturated heterocycles. The Morgan fingerprint density at radius 3 is 2.77 bits per heavy atom. The van der Waals surface area contributed by atoms with Gasteiger partial charge in [0.2, 0.25) is 5.91 Å². The number of hydrogen-bond donors (Lipinski definition) is 4. The lowest BCUT2D eigenvalue weighted by atomic mass is 9.72. The molecule has 0 aromatic heterocycles. The SMILES string of the molecule is O=C(O)C[C@@H]1CC[C@H](NC(=O)Cc2cccc(O)c2)B(O)O1. The molecule has 1 heterocycles. The molecular weight excluding hydrogens is 289 g/mol. The molecule has 0 radical (unpaired) electrons. The third-order valence-corrected chi connectivity index (χ3v) is 3.50. The first-order valence-corrected chi connectivity index (χ1v) is 7.06. The average molecular weight is 307 g/mol. The zero-order valence-corrected chi connectivity index (χ0v) is 11.9. The van der Waals surface area contributed by atoms with E-state index >= 15 is 0 Å². The summed E-state index contributed by atoms with van der Waals surface area (Å²) in [6.45, 7) is 0. The fraction of sp³-hybridized carbons (Fsp3) is 0.429. The van der Waals surface area contributed by atoms with Gasteiger partial charge in [-0.15, -0.1) is 0 Å². The Hall–Kier alpha value is -2.06. The van der Waals surface area contributed by atoms with Crippen LogP contribution in [0.25, 0.3) is 0 Å². The number of phenolic OH excluding ortho intramolecular Hbond substituents is 1. The normalized spacial score (nSPS) is 21.4. The van der Waals surface area contributed by atoms with Crippen molar-refractivity contribution < 1.29 is 29.5 Å². The van der Waals surface area contributed by atoms with Crippen LogP contribution in [0.15, 0.2) is 24.3 Å². The van der Waals surface area contributed by atoms with Gasteiger partial charge in [0, 0.05) is 0 Å². The maximum absolute atomic E-state index is 11.9. The molecule has 1 aliphatic rings. The molecule has 4 N–H and O–H groups in total. The Morgan fingerprint density at radius 1 is 1.36 bits per heavy atom. The van der Waals surface area contributed by atoms with Crippen molar-refractivity contribution in [1.82, 2.24) is 5.32 Å². The smallest absolute Gasteiger partial charge is 0.478 e. The van der Waals surface area contributed by atoms with E-state index in [4.69, 9.17) is 9.76 Å². The molecule has 1 amide bonds. The number of carbonyl (C=O) groups excluding carboxylic acids is 1. The number of carbonyl (C=O) groups is 2. The zero-order chi connectivity index (χ0) is 16.1. The lowest BCUT2D eigenvalue weighted by Crippen LogP contribution is -2.53. The molecule has 118 valence electrons. The van der Waals surface area contributed by atoms with E-state index in [2.05, 4.69) is 5.32 Å². The Morgan fingerprint density at radius 2 is 2.14 bits per heavy atom. The minimum absolute atomic E-state index is 0.0795. The largest absolute Gasteiger partial charge is 0.508 e. The van der Waals surface area contributed by atoms with Crippen molar-refractivity contribution in [3.63, 3.8) is 0 Å². The Balaban J connectivity index is 1.83. The molecule has 0 spiro atoms. The van der Waals surface area contributed by atoms with Crippen molar-refractivity contribution in [2.45, 2.75) is 37.7 Å². The van der Waals surface area contributed by atoms with Gasteiger partial charge >= 0.3 is 13.1 Å². The summed E-state index contributed by atoms with van der Waals surface area (Å²) in [5.74, 6) is -1.75. The number of carboxylic acids is 1. The van der Waals surface area contributed by atoms with Gasteiger partial charge in [0.05, 0.1) is 24.9 Å². The molecule has 1 aliphatic heterocycles.